The lowest BCUT2D eigenvalue weighted by Gasteiger charge is -2.36. The minimum atomic E-state index is -0.754. The molecule has 3 rings (SSSR count). The molecule has 0 aliphatic carbocycles. The van der Waals surface area contributed by atoms with E-state index < -0.39 is 5.60 Å². The minimum absolute atomic E-state index is 0.137. The molecule has 25 heavy (non-hydrogen) atoms. The summed E-state index contributed by atoms with van der Waals surface area (Å²) in [6.07, 6.45) is 3.72. The predicted octanol–water partition coefficient (Wildman–Crippen LogP) is -0.128. The van der Waals surface area contributed by atoms with Crippen molar-refractivity contribution in [2.45, 2.75) is 31.8 Å². The summed E-state index contributed by atoms with van der Waals surface area (Å²) in [5, 5.41) is 15.1. The summed E-state index contributed by atoms with van der Waals surface area (Å²) in [5.41, 5.74) is 1.49. The summed E-state index contributed by atoms with van der Waals surface area (Å²) in [4.78, 5) is 19.0. The molecular weight excluding hydrogens is 318 g/mol. The van der Waals surface area contributed by atoms with Gasteiger partial charge < -0.3 is 14.9 Å². The Hall–Kier alpha value is -1.44. The number of piperazine rings is 1. The van der Waals surface area contributed by atoms with Gasteiger partial charge in [0.15, 0.2) is 0 Å². The van der Waals surface area contributed by atoms with Crippen molar-refractivity contribution in [3.8, 4) is 0 Å². The number of β-amino-alcohol motifs (C(OH)–C–C–N with tert-alkyl or cyclic N) is 1. The van der Waals surface area contributed by atoms with Gasteiger partial charge >= 0.3 is 0 Å². The number of carbonyl (C=O) groups is 1. The largest absolute Gasteiger partial charge is 0.387 e. The highest BCUT2D eigenvalue weighted by atomic mass is 16.3. The quantitative estimate of drug-likeness (QED) is 0.802. The first-order valence-electron chi connectivity index (χ1n) is 9.25. The Labute approximate surface area is 150 Å². The molecule has 1 unspecified atom stereocenters. The van der Waals surface area contributed by atoms with Crippen molar-refractivity contribution < 1.29 is 9.90 Å². The minimum Gasteiger partial charge on any atom is -0.387 e. The molecule has 0 bridgehead atoms. The first-order valence-corrected chi connectivity index (χ1v) is 9.25. The van der Waals surface area contributed by atoms with E-state index in [0.29, 0.717) is 38.9 Å². The van der Waals surface area contributed by atoms with Crippen molar-refractivity contribution in [2.75, 3.05) is 52.9 Å². The number of aliphatic hydroxyl groups is 1. The van der Waals surface area contributed by atoms with Crippen LogP contribution in [-0.4, -0.2) is 94.0 Å². The van der Waals surface area contributed by atoms with Gasteiger partial charge in [0.1, 0.15) is 0 Å². The fraction of sp³-hybridized carbons (Fsp3) is 0.778. The third kappa shape index (κ3) is 4.40. The molecule has 1 amide bonds. The zero-order chi connectivity index (χ0) is 18.0. The average molecular weight is 349 g/mol. The van der Waals surface area contributed by atoms with Gasteiger partial charge in [0.2, 0.25) is 5.91 Å². The monoisotopic (exact) mass is 349 g/mol. The molecule has 0 aromatic carbocycles. The molecule has 2 aliphatic rings. The second kappa shape index (κ2) is 7.43. The fourth-order valence-electron chi connectivity index (χ4n) is 3.81. The number of likely N-dealkylation sites (N-methyl/N-ethyl adjacent to an activating group) is 1. The summed E-state index contributed by atoms with van der Waals surface area (Å²) in [7, 11) is 4.05. The number of likely N-dealkylation sites (tertiary alicyclic amines) is 1. The highest BCUT2D eigenvalue weighted by molar-refractivity contribution is 5.77. The van der Waals surface area contributed by atoms with Crippen LogP contribution in [0.1, 0.15) is 24.1 Å². The van der Waals surface area contributed by atoms with Gasteiger partial charge in [0.05, 0.1) is 18.3 Å². The van der Waals surface area contributed by atoms with Crippen LogP contribution in [0, 0.1) is 6.92 Å². The SMILES string of the molecule is Cc1c(CCC(=O)N2CCC(O)(CN3CCN(C)CC3)C2)cnn1C. The highest BCUT2D eigenvalue weighted by Crippen LogP contribution is 2.24. The molecule has 1 aromatic rings. The summed E-state index contributed by atoms with van der Waals surface area (Å²) in [5.74, 6) is 0.137. The molecule has 1 aromatic heterocycles. The van der Waals surface area contributed by atoms with Crippen LogP contribution < -0.4 is 0 Å². The van der Waals surface area contributed by atoms with Crippen molar-refractivity contribution in [2.24, 2.45) is 7.05 Å². The van der Waals surface area contributed by atoms with Crippen LogP contribution >= 0.6 is 0 Å². The van der Waals surface area contributed by atoms with Gasteiger partial charge in [0, 0.05) is 58.4 Å². The number of carbonyl (C=O) groups excluding carboxylic acids is 1. The number of hydrogen-bond donors (Lipinski definition) is 1. The van der Waals surface area contributed by atoms with Gasteiger partial charge in [-0.1, -0.05) is 0 Å². The number of nitrogens with zero attached hydrogens (tertiary/aromatic N) is 5. The zero-order valence-electron chi connectivity index (χ0n) is 15.7. The molecule has 7 heteroatoms. The van der Waals surface area contributed by atoms with Gasteiger partial charge in [-0.05, 0) is 32.4 Å². The molecule has 3 heterocycles. The molecule has 2 saturated heterocycles. The molecule has 1 N–H and O–H groups in total. The van der Waals surface area contributed by atoms with Crippen molar-refractivity contribution >= 4 is 5.91 Å². The lowest BCUT2D eigenvalue weighted by atomic mass is 10.0. The Morgan fingerprint density at radius 3 is 2.60 bits per heavy atom. The van der Waals surface area contributed by atoms with Crippen LogP contribution in [-0.2, 0) is 18.3 Å². The summed E-state index contributed by atoms with van der Waals surface area (Å²) in [6, 6.07) is 0. The predicted molar refractivity (Wildman–Crippen MR) is 96.3 cm³/mol. The normalized spacial score (nSPS) is 25.7. The van der Waals surface area contributed by atoms with Crippen molar-refractivity contribution in [3.05, 3.63) is 17.5 Å². The lowest BCUT2D eigenvalue weighted by molar-refractivity contribution is -0.131. The van der Waals surface area contributed by atoms with E-state index >= 15 is 0 Å². The Kier molecular flexibility index (Phi) is 5.46. The molecule has 0 saturated carbocycles. The smallest absolute Gasteiger partial charge is 0.223 e. The van der Waals surface area contributed by atoms with E-state index in [1.807, 2.05) is 29.7 Å². The van der Waals surface area contributed by atoms with Gasteiger partial charge in [-0.2, -0.15) is 5.10 Å². The second-order valence-corrected chi connectivity index (χ2v) is 7.75. The van der Waals surface area contributed by atoms with Crippen LogP contribution in [0.4, 0.5) is 0 Å². The molecule has 140 valence electrons. The number of hydrogen-bond acceptors (Lipinski definition) is 5. The van der Waals surface area contributed by atoms with Crippen molar-refractivity contribution in [3.63, 3.8) is 0 Å². The van der Waals surface area contributed by atoms with Crippen LogP contribution in [0.3, 0.4) is 0 Å². The van der Waals surface area contributed by atoms with E-state index in [4.69, 9.17) is 0 Å². The van der Waals surface area contributed by atoms with Gasteiger partial charge in [0.25, 0.3) is 0 Å². The first kappa shape index (κ1) is 18.4. The molecule has 0 radical (unpaired) electrons. The molecule has 0 spiro atoms. The summed E-state index contributed by atoms with van der Waals surface area (Å²) < 4.78 is 1.84. The zero-order valence-corrected chi connectivity index (χ0v) is 15.7. The highest BCUT2D eigenvalue weighted by Gasteiger charge is 2.39. The maximum absolute atomic E-state index is 12.5. The van der Waals surface area contributed by atoms with Crippen molar-refractivity contribution in [1.82, 2.24) is 24.5 Å². The van der Waals surface area contributed by atoms with E-state index in [9.17, 15) is 9.90 Å². The van der Waals surface area contributed by atoms with Crippen LogP contribution in [0.5, 0.6) is 0 Å². The Balaban J connectivity index is 1.48. The Bertz CT molecular complexity index is 609. The van der Waals surface area contributed by atoms with Crippen molar-refractivity contribution in [1.29, 1.82) is 0 Å². The fourth-order valence-corrected chi connectivity index (χ4v) is 3.81. The third-order valence-corrected chi connectivity index (χ3v) is 5.74. The van der Waals surface area contributed by atoms with E-state index in [0.717, 1.165) is 37.4 Å². The Morgan fingerprint density at radius 2 is 1.96 bits per heavy atom. The van der Waals surface area contributed by atoms with E-state index in [-0.39, 0.29) is 5.91 Å². The summed E-state index contributed by atoms with van der Waals surface area (Å²) in [6.45, 7) is 7.90. The second-order valence-electron chi connectivity index (χ2n) is 7.75. The van der Waals surface area contributed by atoms with Crippen LogP contribution in [0.15, 0.2) is 6.20 Å². The number of rotatable bonds is 5. The molecule has 7 nitrogen and oxygen atoms in total. The van der Waals surface area contributed by atoms with E-state index in [1.165, 1.54) is 0 Å². The van der Waals surface area contributed by atoms with E-state index in [2.05, 4.69) is 21.9 Å². The number of aryl methyl sites for hydroxylation is 2. The molecule has 2 fully saturated rings. The first-order chi connectivity index (χ1) is 11.9. The summed E-state index contributed by atoms with van der Waals surface area (Å²) >= 11 is 0. The molecule has 1 atom stereocenters. The maximum Gasteiger partial charge on any atom is 0.223 e. The van der Waals surface area contributed by atoms with E-state index in [1.54, 1.807) is 0 Å². The maximum atomic E-state index is 12.5. The Morgan fingerprint density at radius 1 is 1.24 bits per heavy atom. The topological polar surface area (TPSA) is 64.8 Å². The lowest BCUT2D eigenvalue weighted by Crippen LogP contribution is -2.52. The standard InChI is InChI=1S/C18H31N5O2/c1-15-16(12-19-21(15)3)4-5-17(24)23-7-6-18(25,14-23)13-22-10-8-20(2)9-11-22/h12,25H,4-11,13-14H2,1-3H3. The van der Waals surface area contributed by atoms with Crippen LogP contribution in [0.2, 0.25) is 0 Å². The third-order valence-electron chi connectivity index (χ3n) is 5.74. The van der Waals surface area contributed by atoms with Crippen LogP contribution in [0.25, 0.3) is 0 Å². The number of aromatic nitrogens is 2. The van der Waals surface area contributed by atoms with Gasteiger partial charge in [-0.3, -0.25) is 14.4 Å². The number of amides is 1. The van der Waals surface area contributed by atoms with Gasteiger partial charge in [-0.25, -0.2) is 0 Å². The molecular formula is C18H31N5O2. The van der Waals surface area contributed by atoms with Gasteiger partial charge in [-0.15, -0.1) is 0 Å². The molecule has 2 aliphatic heterocycles. The average Bonchev–Trinajstić information content (AvgIpc) is 3.12.